The Bertz CT molecular complexity index is 529. The van der Waals surface area contributed by atoms with Crippen molar-refractivity contribution in [2.24, 2.45) is 0 Å². The average Bonchev–Trinajstić information content (AvgIpc) is 2.86. The molecule has 0 saturated heterocycles. The van der Waals surface area contributed by atoms with Crippen LogP contribution in [0.4, 0.5) is 0 Å². The summed E-state index contributed by atoms with van der Waals surface area (Å²) in [5.41, 5.74) is 3.57. The zero-order chi connectivity index (χ0) is 13.8. The van der Waals surface area contributed by atoms with Gasteiger partial charge in [-0.1, -0.05) is 6.07 Å². The van der Waals surface area contributed by atoms with Crippen LogP contribution in [-0.2, 0) is 0 Å². The molecule has 1 aromatic heterocycles. The molecule has 0 aliphatic heterocycles. The minimum Gasteiger partial charge on any atom is -0.496 e. The van der Waals surface area contributed by atoms with Crippen LogP contribution in [0.2, 0.25) is 0 Å². The van der Waals surface area contributed by atoms with Crippen molar-refractivity contribution in [3.63, 3.8) is 0 Å². The van der Waals surface area contributed by atoms with Crippen LogP contribution in [0.1, 0.15) is 22.7 Å². The van der Waals surface area contributed by atoms with E-state index in [0.717, 1.165) is 17.1 Å². The van der Waals surface area contributed by atoms with E-state index in [1.807, 2.05) is 25.2 Å². The Morgan fingerprint density at radius 1 is 1.11 bits per heavy atom. The van der Waals surface area contributed by atoms with E-state index in [-0.39, 0.29) is 6.04 Å². The maximum Gasteiger partial charge on any atom is 0.127 e. The summed E-state index contributed by atoms with van der Waals surface area (Å²) in [5.74, 6) is 1.67. The first kappa shape index (κ1) is 13.9. The number of methoxy groups -OCH3 is 2. The zero-order valence-corrected chi connectivity index (χ0v) is 12.5. The molecule has 19 heavy (non-hydrogen) atoms. The summed E-state index contributed by atoms with van der Waals surface area (Å²) >= 11 is 1.71. The van der Waals surface area contributed by atoms with Gasteiger partial charge in [-0.25, -0.2) is 0 Å². The highest BCUT2D eigenvalue weighted by Gasteiger charge is 2.22. The van der Waals surface area contributed by atoms with Crippen LogP contribution in [0.15, 0.2) is 29.0 Å². The van der Waals surface area contributed by atoms with Crippen molar-refractivity contribution in [2.45, 2.75) is 13.0 Å². The van der Waals surface area contributed by atoms with Gasteiger partial charge >= 0.3 is 0 Å². The Morgan fingerprint density at radius 3 is 2.16 bits per heavy atom. The minimum atomic E-state index is 0.0670. The number of aryl methyl sites for hydroxylation is 1. The fourth-order valence-corrected chi connectivity index (χ4v) is 3.16. The smallest absolute Gasteiger partial charge is 0.127 e. The van der Waals surface area contributed by atoms with E-state index in [0.29, 0.717) is 0 Å². The molecule has 4 heteroatoms. The lowest BCUT2D eigenvalue weighted by Crippen LogP contribution is -2.19. The molecule has 1 N–H and O–H groups in total. The molecule has 0 aliphatic rings. The first-order valence-electron chi connectivity index (χ1n) is 6.13. The molecule has 2 rings (SSSR count). The quantitative estimate of drug-likeness (QED) is 0.909. The molecule has 3 nitrogen and oxygen atoms in total. The summed E-state index contributed by atoms with van der Waals surface area (Å²) in [4.78, 5) is 0. The van der Waals surface area contributed by atoms with Crippen molar-refractivity contribution in [1.82, 2.24) is 5.32 Å². The summed E-state index contributed by atoms with van der Waals surface area (Å²) in [5, 5.41) is 7.68. The van der Waals surface area contributed by atoms with E-state index in [1.165, 1.54) is 11.1 Å². The summed E-state index contributed by atoms with van der Waals surface area (Å²) in [6.45, 7) is 2.12. The number of thiophene rings is 1. The molecule has 0 saturated carbocycles. The van der Waals surface area contributed by atoms with Gasteiger partial charge in [0.25, 0.3) is 0 Å². The van der Waals surface area contributed by atoms with E-state index in [4.69, 9.17) is 9.47 Å². The molecule has 1 unspecified atom stereocenters. The maximum absolute atomic E-state index is 5.49. The molecule has 0 amide bonds. The van der Waals surface area contributed by atoms with Crippen LogP contribution in [0, 0.1) is 6.92 Å². The summed E-state index contributed by atoms with van der Waals surface area (Å²) < 4.78 is 11.0. The molecule has 0 aliphatic carbocycles. The summed E-state index contributed by atoms with van der Waals surface area (Å²) in [7, 11) is 5.32. The first-order chi connectivity index (χ1) is 9.22. The van der Waals surface area contributed by atoms with Gasteiger partial charge in [-0.2, -0.15) is 11.3 Å². The molecule has 0 fully saturated rings. The lowest BCUT2D eigenvalue weighted by atomic mass is 9.96. The molecule has 102 valence electrons. The van der Waals surface area contributed by atoms with E-state index in [9.17, 15) is 0 Å². The van der Waals surface area contributed by atoms with Crippen LogP contribution >= 0.6 is 11.3 Å². The fraction of sp³-hybridized carbons (Fsp3) is 0.333. The third-order valence-corrected chi connectivity index (χ3v) is 4.13. The Hall–Kier alpha value is -1.52. The van der Waals surface area contributed by atoms with Crippen LogP contribution in [0.25, 0.3) is 0 Å². The number of nitrogens with one attached hydrogen (secondary N) is 1. The minimum absolute atomic E-state index is 0.0670. The van der Waals surface area contributed by atoms with Crippen LogP contribution in [0.5, 0.6) is 11.5 Å². The van der Waals surface area contributed by atoms with Crippen molar-refractivity contribution >= 4 is 11.3 Å². The molecule has 0 bridgehead atoms. The monoisotopic (exact) mass is 277 g/mol. The molecular formula is C15H19NO2S. The number of rotatable bonds is 5. The number of hydrogen-bond acceptors (Lipinski definition) is 4. The van der Waals surface area contributed by atoms with Crippen LogP contribution in [-0.4, -0.2) is 21.3 Å². The zero-order valence-electron chi connectivity index (χ0n) is 11.7. The second-order valence-electron chi connectivity index (χ2n) is 4.31. The Kier molecular flexibility index (Phi) is 4.45. The molecule has 0 radical (unpaired) electrons. The Labute approximate surface area is 118 Å². The van der Waals surface area contributed by atoms with Gasteiger partial charge in [-0.15, -0.1) is 0 Å². The van der Waals surface area contributed by atoms with Gasteiger partial charge in [-0.05, 0) is 48.0 Å². The van der Waals surface area contributed by atoms with Gasteiger partial charge in [0.15, 0.2) is 0 Å². The summed E-state index contributed by atoms with van der Waals surface area (Å²) in [6.07, 6.45) is 0. The van der Waals surface area contributed by atoms with Crippen molar-refractivity contribution in [1.29, 1.82) is 0 Å². The molecule has 1 heterocycles. The molecule has 1 aromatic carbocycles. The molecule has 2 aromatic rings. The second-order valence-corrected chi connectivity index (χ2v) is 5.05. The van der Waals surface area contributed by atoms with E-state index in [2.05, 4.69) is 23.0 Å². The normalized spacial score (nSPS) is 12.2. The topological polar surface area (TPSA) is 30.5 Å². The van der Waals surface area contributed by atoms with Crippen molar-refractivity contribution < 1.29 is 9.47 Å². The number of ether oxygens (including phenoxy) is 2. The van der Waals surface area contributed by atoms with Gasteiger partial charge < -0.3 is 14.8 Å². The van der Waals surface area contributed by atoms with Crippen molar-refractivity contribution in [3.8, 4) is 11.5 Å². The lowest BCUT2D eigenvalue weighted by molar-refractivity contribution is 0.379. The number of benzene rings is 1. The van der Waals surface area contributed by atoms with Gasteiger partial charge in [0.05, 0.1) is 25.8 Å². The number of hydrogen-bond donors (Lipinski definition) is 1. The van der Waals surface area contributed by atoms with Crippen LogP contribution < -0.4 is 14.8 Å². The Morgan fingerprint density at radius 2 is 1.74 bits per heavy atom. The van der Waals surface area contributed by atoms with Gasteiger partial charge in [0.2, 0.25) is 0 Å². The van der Waals surface area contributed by atoms with Gasteiger partial charge in [0, 0.05) is 0 Å². The van der Waals surface area contributed by atoms with Crippen molar-refractivity contribution in [2.75, 3.05) is 21.3 Å². The highest BCUT2D eigenvalue weighted by atomic mass is 32.1. The fourth-order valence-electron chi connectivity index (χ4n) is 2.29. The van der Waals surface area contributed by atoms with Gasteiger partial charge in [0.1, 0.15) is 11.5 Å². The van der Waals surface area contributed by atoms with Crippen molar-refractivity contribution in [3.05, 3.63) is 45.6 Å². The van der Waals surface area contributed by atoms with E-state index >= 15 is 0 Å². The second kappa shape index (κ2) is 6.08. The van der Waals surface area contributed by atoms with E-state index in [1.54, 1.807) is 25.6 Å². The first-order valence-corrected chi connectivity index (χ1v) is 7.08. The third-order valence-electron chi connectivity index (χ3n) is 3.25. The SMILES string of the molecule is CNC(c1cscc1C)c1c(OC)cccc1OC. The predicted octanol–water partition coefficient (Wildman–Crippen LogP) is 3.38. The van der Waals surface area contributed by atoms with Crippen LogP contribution in [0.3, 0.4) is 0 Å². The highest BCUT2D eigenvalue weighted by Crippen LogP contribution is 2.38. The molecule has 0 spiro atoms. The predicted molar refractivity (Wildman–Crippen MR) is 79.5 cm³/mol. The standard InChI is InChI=1S/C15H19NO2S/c1-10-8-19-9-11(10)15(16-2)14-12(17-3)6-5-7-13(14)18-4/h5-9,15-16H,1-4H3. The third kappa shape index (κ3) is 2.60. The molecular weight excluding hydrogens is 258 g/mol. The molecule has 1 atom stereocenters. The average molecular weight is 277 g/mol. The van der Waals surface area contributed by atoms with E-state index < -0.39 is 0 Å². The largest absolute Gasteiger partial charge is 0.496 e. The Balaban J connectivity index is 2.57. The summed E-state index contributed by atoms with van der Waals surface area (Å²) in [6, 6.07) is 5.93. The lowest BCUT2D eigenvalue weighted by Gasteiger charge is -2.22. The van der Waals surface area contributed by atoms with Gasteiger partial charge in [-0.3, -0.25) is 0 Å². The maximum atomic E-state index is 5.49. The highest BCUT2D eigenvalue weighted by molar-refractivity contribution is 7.08.